The van der Waals surface area contributed by atoms with Gasteiger partial charge in [0, 0.05) is 24.8 Å². The molecule has 3 amide bonds. The number of ether oxygens (including phenoxy) is 1. The minimum absolute atomic E-state index is 0.0728. The second-order valence-electron chi connectivity index (χ2n) is 8.89. The Kier molecular flexibility index (Phi) is 8.42. The van der Waals surface area contributed by atoms with Gasteiger partial charge >= 0.3 is 6.18 Å². The van der Waals surface area contributed by atoms with E-state index in [0.29, 0.717) is 9.21 Å². The summed E-state index contributed by atoms with van der Waals surface area (Å²) in [6.45, 7) is 0.0305. The molecule has 1 saturated carbocycles. The third-order valence-corrected chi connectivity index (χ3v) is 7.79. The summed E-state index contributed by atoms with van der Waals surface area (Å²) in [5, 5.41) is 5.11. The fourth-order valence-electron chi connectivity index (χ4n) is 4.23. The van der Waals surface area contributed by atoms with Crippen LogP contribution >= 0.6 is 22.9 Å². The lowest BCUT2D eigenvalue weighted by molar-refractivity contribution is -0.137. The lowest BCUT2D eigenvalue weighted by Crippen LogP contribution is -2.54. The fraction of sp³-hybridized carbons (Fsp3) is 0.458. The van der Waals surface area contributed by atoms with Crippen molar-refractivity contribution in [3.63, 3.8) is 0 Å². The van der Waals surface area contributed by atoms with Crippen molar-refractivity contribution in [1.29, 1.82) is 0 Å². The maximum atomic E-state index is 14.0. The molecule has 2 N–H and O–H groups in total. The largest absolute Gasteiger partial charge is 0.418 e. The molecule has 2 fully saturated rings. The van der Waals surface area contributed by atoms with Crippen LogP contribution in [0.4, 0.5) is 24.5 Å². The van der Waals surface area contributed by atoms with Crippen molar-refractivity contribution in [1.82, 2.24) is 10.2 Å². The number of thiophene rings is 1. The molecule has 1 aromatic heterocycles. The molecular formula is C24H26ClF3N4O4S. The molecule has 13 heteroatoms. The summed E-state index contributed by atoms with van der Waals surface area (Å²) in [7, 11) is 1.72. The minimum Gasteiger partial charge on any atom is -0.370 e. The van der Waals surface area contributed by atoms with Gasteiger partial charge in [0.1, 0.15) is 12.6 Å². The molecule has 8 nitrogen and oxygen atoms in total. The van der Waals surface area contributed by atoms with E-state index >= 15 is 0 Å². The zero-order valence-corrected chi connectivity index (χ0v) is 21.5. The molecule has 2 aromatic rings. The highest BCUT2D eigenvalue weighted by Gasteiger charge is 2.37. The third-order valence-electron chi connectivity index (χ3n) is 6.56. The smallest absolute Gasteiger partial charge is 0.370 e. The van der Waals surface area contributed by atoms with Gasteiger partial charge in [0.05, 0.1) is 27.1 Å². The number of alkyl halides is 3. The summed E-state index contributed by atoms with van der Waals surface area (Å²) in [6, 6.07) is 5.67. The molecule has 1 saturated heterocycles. The van der Waals surface area contributed by atoms with Crippen LogP contribution in [-0.2, 0) is 20.5 Å². The van der Waals surface area contributed by atoms with Crippen molar-refractivity contribution < 1.29 is 32.3 Å². The Hall–Kier alpha value is -2.67. The molecule has 4 rings (SSSR count). The number of carbonyl (C=O) groups is 3. The second kappa shape index (κ2) is 11.4. The summed E-state index contributed by atoms with van der Waals surface area (Å²) in [4.78, 5) is 41.3. The molecule has 1 aromatic carbocycles. The van der Waals surface area contributed by atoms with Gasteiger partial charge in [0.25, 0.3) is 11.8 Å². The van der Waals surface area contributed by atoms with Crippen LogP contribution in [0.3, 0.4) is 0 Å². The Morgan fingerprint density at radius 1 is 1.27 bits per heavy atom. The van der Waals surface area contributed by atoms with Gasteiger partial charge in [-0.3, -0.25) is 19.3 Å². The van der Waals surface area contributed by atoms with Gasteiger partial charge in [-0.15, -0.1) is 11.3 Å². The SMILES string of the molecule is CN(C1CCC1)[C@@H](CNC(=O)c1ccc(Cl)s1)C(=O)Nc1ccc(N2CCOCC2=O)cc1C(F)(F)F. The van der Waals surface area contributed by atoms with Crippen molar-refractivity contribution in [3.05, 3.63) is 45.1 Å². The molecule has 1 aliphatic carbocycles. The topological polar surface area (TPSA) is 91.0 Å². The summed E-state index contributed by atoms with van der Waals surface area (Å²) < 4.78 is 47.4. The van der Waals surface area contributed by atoms with Crippen molar-refractivity contribution in [3.8, 4) is 0 Å². The average molecular weight is 559 g/mol. The molecule has 0 unspecified atom stereocenters. The molecule has 200 valence electrons. The Bertz CT molecular complexity index is 1170. The molecule has 2 aliphatic rings. The van der Waals surface area contributed by atoms with Gasteiger partial charge in [-0.05, 0) is 50.2 Å². The van der Waals surface area contributed by atoms with Crippen molar-refractivity contribution >= 4 is 52.0 Å². The first-order valence-corrected chi connectivity index (χ1v) is 12.9. The monoisotopic (exact) mass is 558 g/mol. The van der Waals surface area contributed by atoms with Crippen LogP contribution in [0, 0.1) is 0 Å². The van der Waals surface area contributed by atoms with E-state index in [1.54, 1.807) is 24.1 Å². The lowest BCUT2D eigenvalue weighted by Gasteiger charge is -2.39. The maximum Gasteiger partial charge on any atom is 0.418 e. The highest BCUT2D eigenvalue weighted by atomic mass is 35.5. The number of nitrogens with one attached hydrogen (secondary N) is 2. The molecule has 0 spiro atoms. The summed E-state index contributed by atoms with van der Waals surface area (Å²) in [5.41, 5.74) is -1.42. The number of anilines is 2. The van der Waals surface area contributed by atoms with Crippen molar-refractivity contribution in [2.24, 2.45) is 0 Å². The number of rotatable bonds is 8. The van der Waals surface area contributed by atoms with E-state index in [2.05, 4.69) is 10.6 Å². The van der Waals surface area contributed by atoms with Crippen LogP contribution < -0.4 is 15.5 Å². The standard InChI is InChI=1S/C24H26ClF3N4O4S/c1-31(14-3-2-4-14)18(12-29-23(35)19-7-8-20(25)37-19)22(34)30-17-6-5-15(11-16(17)24(26,27)28)32-9-10-36-13-21(32)33/h5-8,11,14,18H,2-4,9-10,12-13H2,1H3,(H,29,35)(H,30,34)/t18-/m0/s1. The first kappa shape index (κ1) is 27.4. The minimum atomic E-state index is -4.78. The Balaban J connectivity index is 1.54. The average Bonchev–Trinajstić information content (AvgIpc) is 3.24. The van der Waals surface area contributed by atoms with E-state index in [9.17, 15) is 27.6 Å². The molecule has 0 bridgehead atoms. The van der Waals surface area contributed by atoms with Gasteiger partial charge < -0.3 is 20.3 Å². The number of morpholine rings is 1. The number of benzene rings is 1. The Morgan fingerprint density at radius 3 is 2.62 bits per heavy atom. The van der Waals surface area contributed by atoms with Crippen LogP contribution in [0.2, 0.25) is 4.34 Å². The Labute approximate surface area is 220 Å². The number of amides is 3. The van der Waals surface area contributed by atoms with E-state index in [1.165, 1.54) is 11.0 Å². The zero-order chi connectivity index (χ0) is 26.7. The van der Waals surface area contributed by atoms with Gasteiger partial charge in [0.2, 0.25) is 5.91 Å². The van der Waals surface area contributed by atoms with E-state index in [4.69, 9.17) is 16.3 Å². The predicted molar refractivity (Wildman–Crippen MR) is 134 cm³/mol. The van der Waals surface area contributed by atoms with E-state index in [1.807, 2.05) is 0 Å². The molecule has 2 heterocycles. The maximum absolute atomic E-state index is 14.0. The summed E-state index contributed by atoms with van der Waals surface area (Å²) in [5.74, 6) is -1.55. The van der Waals surface area contributed by atoms with Crippen LogP contribution in [-0.4, -0.2) is 68.1 Å². The first-order valence-electron chi connectivity index (χ1n) is 11.7. The molecule has 1 aliphatic heterocycles. The van der Waals surface area contributed by atoms with E-state index in [0.717, 1.165) is 42.7 Å². The fourth-order valence-corrected chi connectivity index (χ4v) is 5.19. The lowest BCUT2D eigenvalue weighted by atomic mass is 9.90. The normalized spacial score (nSPS) is 17.5. The van der Waals surface area contributed by atoms with Crippen LogP contribution in [0.15, 0.2) is 30.3 Å². The van der Waals surface area contributed by atoms with Gasteiger partial charge in [-0.2, -0.15) is 13.2 Å². The summed E-state index contributed by atoms with van der Waals surface area (Å²) in [6.07, 6.45) is -2.09. The predicted octanol–water partition coefficient (Wildman–Crippen LogP) is 4.00. The second-order valence-corrected chi connectivity index (χ2v) is 10.6. The van der Waals surface area contributed by atoms with Crippen molar-refractivity contribution in [2.75, 3.05) is 43.6 Å². The van der Waals surface area contributed by atoms with Crippen LogP contribution in [0.25, 0.3) is 0 Å². The van der Waals surface area contributed by atoms with E-state index in [-0.39, 0.29) is 38.0 Å². The number of carbonyl (C=O) groups excluding carboxylic acids is 3. The van der Waals surface area contributed by atoms with E-state index < -0.39 is 41.2 Å². The van der Waals surface area contributed by atoms with Crippen LogP contribution in [0.1, 0.15) is 34.5 Å². The van der Waals surface area contributed by atoms with Crippen LogP contribution in [0.5, 0.6) is 0 Å². The van der Waals surface area contributed by atoms with Gasteiger partial charge in [-0.25, -0.2) is 0 Å². The highest BCUT2D eigenvalue weighted by Crippen LogP contribution is 2.38. The molecule has 1 atom stereocenters. The number of likely N-dealkylation sites (N-methyl/N-ethyl adjacent to an activating group) is 1. The third kappa shape index (κ3) is 6.43. The molecule has 0 radical (unpaired) electrons. The molecule has 37 heavy (non-hydrogen) atoms. The Morgan fingerprint density at radius 2 is 2.03 bits per heavy atom. The zero-order valence-electron chi connectivity index (χ0n) is 19.9. The van der Waals surface area contributed by atoms with Gasteiger partial charge in [-0.1, -0.05) is 18.0 Å². The van der Waals surface area contributed by atoms with Crippen molar-refractivity contribution in [2.45, 2.75) is 37.5 Å². The first-order chi connectivity index (χ1) is 17.5. The highest BCUT2D eigenvalue weighted by molar-refractivity contribution is 7.18. The molecular weight excluding hydrogens is 533 g/mol. The van der Waals surface area contributed by atoms with Gasteiger partial charge in [0.15, 0.2) is 0 Å². The quantitative estimate of drug-likeness (QED) is 0.511. The number of halogens is 4. The summed E-state index contributed by atoms with van der Waals surface area (Å²) >= 11 is 6.98. The number of hydrogen-bond donors (Lipinski definition) is 2. The number of nitrogens with zero attached hydrogens (tertiary/aromatic N) is 2. The number of hydrogen-bond acceptors (Lipinski definition) is 6.